The van der Waals surface area contributed by atoms with E-state index in [4.69, 9.17) is 5.73 Å². The molecule has 0 spiro atoms. The van der Waals surface area contributed by atoms with E-state index in [0.29, 0.717) is 27.8 Å². The summed E-state index contributed by atoms with van der Waals surface area (Å²) in [5.74, 6) is -0.581. The van der Waals surface area contributed by atoms with E-state index in [1.165, 1.54) is 12.1 Å². The molecule has 0 unspecified atom stereocenters. The zero-order valence-electron chi connectivity index (χ0n) is 11.3. The molecule has 0 radical (unpaired) electrons. The van der Waals surface area contributed by atoms with Crippen LogP contribution in [-0.2, 0) is 12.7 Å². The van der Waals surface area contributed by atoms with Gasteiger partial charge in [0.2, 0.25) is 5.91 Å². The third-order valence-electron chi connectivity index (χ3n) is 3.56. The molecule has 1 aliphatic heterocycles. The number of nitrogens with zero attached hydrogens (tertiary/aromatic N) is 1. The molecule has 0 aliphatic carbocycles. The highest BCUT2D eigenvalue weighted by Crippen LogP contribution is 2.37. The molecule has 2 aromatic carbocycles. The van der Waals surface area contributed by atoms with Crippen LogP contribution < -0.4 is 5.73 Å². The number of hydrogen-bond acceptors (Lipinski definition) is 2. The lowest BCUT2D eigenvalue weighted by Crippen LogP contribution is -2.10. The van der Waals surface area contributed by atoms with Gasteiger partial charge in [0.25, 0.3) is 0 Å². The van der Waals surface area contributed by atoms with Crippen LogP contribution >= 0.6 is 0 Å². The molecule has 3 rings (SSSR count). The Morgan fingerprint density at radius 1 is 1.14 bits per heavy atom. The van der Waals surface area contributed by atoms with Gasteiger partial charge in [-0.2, -0.15) is 13.2 Å². The Hall–Kier alpha value is -2.63. The molecule has 0 fully saturated rings. The van der Waals surface area contributed by atoms with E-state index in [9.17, 15) is 18.0 Å². The second kappa shape index (κ2) is 4.98. The van der Waals surface area contributed by atoms with Gasteiger partial charge < -0.3 is 5.73 Å². The summed E-state index contributed by atoms with van der Waals surface area (Å²) in [4.78, 5) is 15.1. The predicted molar refractivity (Wildman–Crippen MR) is 76.7 cm³/mol. The van der Waals surface area contributed by atoms with Gasteiger partial charge in [0.1, 0.15) is 0 Å². The minimum absolute atomic E-state index is 0.242. The predicted octanol–water partition coefficient (Wildman–Crippen LogP) is 3.40. The Labute approximate surface area is 124 Å². The van der Waals surface area contributed by atoms with E-state index in [2.05, 4.69) is 4.99 Å². The van der Waals surface area contributed by atoms with Crippen LogP contribution in [0.4, 0.5) is 13.2 Å². The Morgan fingerprint density at radius 3 is 2.41 bits per heavy atom. The summed E-state index contributed by atoms with van der Waals surface area (Å²) in [6.45, 7) is 0.242. The van der Waals surface area contributed by atoms with Gasteiger partial charge in [-0.3, -0.25) is 9.79 Å². The van der Waals surface area contributed by atoms with E-state index in [1.807, 2.05) is 0 Å². The van der Waals surface area contributed by atoms with Gasteiger partial charge in [-0.25, -0.2) is 0 Å². The van der Waals surface area contributed by atoms with Crippen molar-refractivity contribution >= 4 is 12.1 Å². The zero-order chi connectivity index (χ0) is 15.9. The summed E-state index contributed by atoms with van der Waals surface area (Å²) in [5, 5.41) is 0. The molecule has 0 saturated carbocycles. The molecule has 1 aliphatic rings. The normalized spacial score (nSPS) is 13.2. The highest BCUT2D eigenvalue weighted by molar-refractivity contribution is 5.96. The number of amides is 1. The molecular formula is C16H11F3N2O. The van der Waals surface area contributed by atoms with Crippen LogP contribution in [0.3, 0.4) is 0 Å². The topological polar surface area (TPSA) is 55.5 Å². The summed E-state index contributed by atoms with van der Waals surface area (Å²) in [6, 6.07) is 8.40. The van der Waals surface area contributed by atoms with E-state index < -0.39 is 17.6 Å². The van der Waals surface area contributed by atoms with E-state index in [1.54, 1.807) is 18.3 Å². The van der Waals surface area contributed by atoms with Crippen LogP contribution in [0.5, 0.6) is 0 Å². The number of primary amides is 1. The summed E-state index contributed by atoms with van der Waals surface area (Å²) < 4.78 is 39.1. The van der Waals surface area contributed by atoms with E-state index in [-0.39, 0.29) is 6.54 Å². The fourth-order valence-electron chi connectivity index (χ4n) is 2.45. The molecule has 1 heterocycles. The minimum atomic E-state index is -4.42. The maximum Gasteiger partial charge on any atom is 0.416 e. The average Bonchev–Trinajstić information content (AvgIpc) is 2.93. The zero-order valence-corrected chi connectivity index (χ0v) is 11.3. The smallest absolute Gasteiger partial charge is 0.366 e. The molecular weight excluding hydrogens is 293 g/mol. The Kier molecular flexibility index (Phi) is 3.24. The maximum absolute atomic E-state index is 13.0. The summed E-state index contributed by atoms with van der Waals surface area (Å²) in [6.07, 6.45) is -2.84. The highest BCUT2D eigenvalue weighted by Gasteiger charge is 2.32. The van der Waals surface area contributed by atoms with Gasteiger partial charge in [0.15, 0.2) is 0 Å². The number of alkyl halides is 3. The lowest BCUT2D eigenvalue weighted by Gasteiger charge is -2.13. The van der Waals surface area contributed by atoms with Crippen LogP contribution in [-0.4, -0.2) is 12.1 Å². The van der Waals surface area contributed by atoms with Gasteiger partial charge in [-0.15, -0.1) is 0 Å². The summed E-state index contributed by atoms with van der Waals surface area (Å²) >= 11 is 0. The standard InChI is InChI=1S/C16H11F3N2O/c17-16(18,19)12-5-11-7-21-8-14(11)13(6-12)9-1-3-10(4-2-9)15(20)22/h1-6,8H,7H2,(H2,20,22). The first-order chi connectivity index (χ1) is 10.4. The van der Waals surface area contributed by atoms with Crippen molar-refractivity contribution in [2.45, 2.75) is 12.7 Å². The third-order valence-corrected chi connectivity index (χ3v) is 3.56. The molecule has 0 aromatic heterocycles. The number of halogens is 3. The minimum Gasteiger partial charge on any atom is -0.366 e. The molecule has 0 saturated heterocycles. The molecule has 0 bridgehead atoms. The molecule has 112 valence electrons. The fraction of sp³-hybridized carbons (Fsp3) is 0.125. The summed E-state index contributed by atoms with van der Waals surface area (Å²) in [5.41, 5.74) is 7.02. The quantitative estimate of drug-likeness (QED) is 0.908. The Morgan fingerprint density at radius 2 is 1.82 bits per heavy atom. The monoisotopic (exact) mass is 304 g/mol. The molecule has 22 heavy (non-hydrogen) atoms. The molecule has 0 atom stereocenters. The van der Waals surface area contributed by atoms with Crippen LogP contribution in [0, 0.1) is 0 Å². The van der Waals surface area contributed by atoms with Crippen LogP contribution in [0.1, 0.15) is 27.0 Å². The van der Waals surface area contributed by atoms with E-state index in [0.717, 1.165) is 12.1 Å². The van der Waals surface area contributed by atoms with Crippen molar-refractivity contribution in [1.82, 2.24) is 0 Å². The average molecular weight is 304 g/mol. The number of benzene rings is 2. The van der Waals surface area contributed by atoms with Gasteiger partial charge in [0.05, 0.1) is 12.1 Å². The second-order valence-corrected chi connectivity index (χ2v) is 5.01. The largest absolute Gasteiger partial charge is 0.416 e. The Bertz CT molecular complexity index is 777. The second-order valence-electron chi connectivity index (χ2n) is 5.01. The van der Waals surface area contributed by atoms with Crippen molar-refractivity contribution < 1.29 is 18.0 Å². The lowest BCUT2D eigenvalue weighted by molar-refractivity contribution is -0.137. The number of nitrogens with two attached hydrogens (primary N) is 1. The van der Waals surface area contributed by atoms with Crippen molar-refractivity contribution in [3.05, 3.63) is 58.7 Å². The SMILES string of the molecule is NC(=O)c1ccc(-c2cc(C(F)(F)F)cc3c2C=NC3)cc1. The van der Waals surface area contributed by atoms with Gasteiger partial charge in [0, 0.05) is 17.3 Å². The maximum atomic E-state index is 13.0. The van der Waals surface area contributed by atoms with Gasteiger partial charge in [-0.1, -0.05) is 12.1 Å². The Balaban J connectivity index is 2.15. The molecule has 6 heteroatoms. The first-order valence-electron chi connectivity index (χ1n) is 6.50. The number of hydrogen-bond donors (Lipinski definition) is 1. The van der Waals surface area contributed by atoms with Gasteiger partial charge in [-0.05, 0) is 41.0 Å². The third kappa shape index (κ3) is 2.47. The molecule has 3 nitrogen and oxygen atoms in total. The molecule has 1 amide bonds. The first-order valence-corrected chi connectivity index (χ1v) is 6.50. The number of aliphatic imine (C=N–C) groups is 1. The van der Waals surface area contributed by atoms with E-state index >= 15 is 0 Å². The van der Waals surface area contributed by atoms with Crippen molar-refractivity contribution in [3.8, 4) is 11.1 Å². The van der Waals surface area contributed by atoms with Crippen molar-refractivity contribution in [2.24, 2.45) is 10.7 Å². The lowest BCUT2D eigenvalue weighted by atomic mass is 9.93. The van der Waals surface area contributed by atoms with Crippen LogP contribution in [0.15, 0.2) is 41.4 Å². The summed E-state index contributed by atoms with van der Waals surface area (Å²) in [7, 11) is 0. The van der Waals surface area contributed by atoms with Crippen LogP contribution in [0.25, 0.3) is 11.1 Å². The molecule has 2 N–H and O–H groups in total. The number of carbonyl (C=O) groups excluding carboxylic acids is 1. The van der Waals surface area contributed by atoms with Crippen molar-refractivity contribution in [1.29, 1.82) is 0 Å². The molecule has 2 aromatic rings. The number of rotatable bonds is 2. The number of fused-ring (bicyclic) bond motifs is 1. The van der Waals surface area contributed by atoms with Gasteiger partial charge >= 0.3 is 6.18 Å². The van der Waals surface area contributed by atoms with Crippen LogP contribution in [0.2, 0.25) is 0 Å². The highest BCUT2D eigenvalue weighted by atomic mass is 19.4. The first kappa shape index (κ1) is 14.3. The fourth-order valence-corrected chi connectivity index (χ4v) is 2.45. The van der Waals surface area contributed by atoms with Crippen molar-refractivity contribution in [3.63, 3.8) is 0 Å². The number of carbonyl (C=O) groups is 1. The van der Waals surface area contributed by atoms with Crippen molar-refractivity contribution in [2.75, 3.05) is 0 Å².